The van der Waals surface area contributed by atoms with Crippen LogP contribution in [-0.2, 0) is 11.3 Å². The monoisotopic (exact) mass is 235 g/mol. The van der Waals surface area contributed by atoms with Gasteiger partial charge in [-0.1, -0.05) is 12.1 Å². The van der Waals surface area contributed by atoms with E-state index in [4.69, 9.17) is 5.73 Å². The van der Waals surface area contributed by atoms with Crippen LogP contribution >= 0.6 is 0 Å². The van der Waals surface area contributed by atoms with E-state index in [1.165, 1.54) is 4.90 Å². The van der Waals surface area contributed by atoms with Crippen molar-refractivity contribution in [3.8, 4) is 0 Å². The van der Waals surface area contributed by atoms with E-state index >= 15 is 0 Å². The van der Waals surface area contributed by atoms with Gasteiger partial charge in [0.05, 0.1) is 6.54 Å². The molecule has 2 amide bonds. The summed E-state index contributed by atoms with van der Waals surface area (Å²) in [7, 11) is 3.29. The molecule has 1 rings (SSSR count). The zero-order valence-corrected chi connectivity index (χ0v) is 10.1. The van der Waals surface area contributed by atoms with Crippen LogP contribution < -0.4 is 11.1 Å². The Kier molecular flexibility index (Phi) is 4.66. The second kappa shape index (κ2) is 6.00. The van der Waals surface area contributed by atoms with Crippen LogP contribution in [0.4, 0.5) is 0 Å². The fraction of sp³-hybridized carbons (Fsp3) is 0.333. The second-order valence-electron chi connectivity index (χ2n) is 3.87. The minimum atomic E-state index is -0.260. The van der Waals surface area contributed by atoms with E-state index in [-0.39, 0.29) is 18.4 Å². The average molecular weight is 235 g/mol. The molecule has 1 aromatic rings. The number of nitrogens with two attached hydrogens (primary N) is 1. The molecular formula is C12H17N3O2. The molecule has 1 aromatic carbocycles. The molecule has 0 aliphatic carbocycles. The van der Waals surface area contributed by atoms with E-state index in [1.807, 2.05) is 0 Å². The summed E-state index contributed by atoms with van der Waals surface area (Å²) >= 11 is 0. The Hall–Kier alpha value is -1.88. The van der Waals surface area contributed by atoms with Crippen molar-refractivity contribution in [3.05, 3.63) is 35.4 Å². The first-order valence-corrected chi connectivity index (χ1v) is 5.32. The standard InChI is InChI=1S/C12H17N3O2/c1-15(2)11(16)8-14-12(17)10-5-3-9(7-13)4-6-10/h3-6H,7-8,13H2,1-2H3,(H,14,17). The van der Waals surface area contributed by atoms with Gasteiger partial charge in [-0.05, 0) is 17.7 Å². The summed E-state index contributed by atoms with van der Waals surface area (Å²) in [5.74, 6) is -0.402. The van der Waals surface area contributed by atoms with E-state index in [0.29, 0.717) is 12.1 Å². The van der Waals surface area contributed by atoms with Gasteiger partial charge in [0.1, 0.15) is 0 Å². The van der Waals surface area contributed by atoms with Crippen LogP contribution in [0.2, 0.25) is 0 Å². The van der Waals surface area contributed by atoms with E-state index in [2.05, 4.69) is 5.32 Å². The fourth-order valence-corrected chi connectivity index (χ4v) is 1.21. The van der Waals surface area contributed by atoms with Gasteiger partial charge in [0.2, 0.25) is 5.91 Å². The van der Waals surface area contributed by atoms with Gasteiger partial charge in [0.25, 0.3) is 5.91 Å². The van der Waals surface area contributed by atoms with Crippen LogP contribution in [0, 0.1) is 0 Å². The summed E-state index contributed by atoms with van der Waals surface area (Å²) in [5, 5.41) is 2.56. The second-order valence-corrected chi connectivity index (χ2v) is 3.87. The van der Waals surface area contributed by atoms with Gasteiger partial charge < -0.3 is 16.0 Å². The van der Waals surface area contributed by atoms with Crippen molar-refractivity contribution in [2.75, 3.05) is 20.6 Å². The first-order valence-electron chi connectivity index (χ1n) is 5.32. The lowest BCUT2D eigenvalue weighted by Crippen LogP contribution is -2.36. The first kappa shape index (κ1) is 13.2. The summed E-state index contributed by atoms with van der Waals surface area (Å²) < 4.78 is 0. The lowest BCUT2D eigenvalue weighted by molar-refractivity contribution is -0.127. The van der Waals surface area contributed by atoms with Crippen LogP contribution in [0.5, 0.6) is 0 Å². The van der Waals surface area contributed by atoms with Gasteiger partial charge in [-0.15, -0.1) is 0 Å². The summed E-state index contributed by atoms with van der Waals surface area (Å²) in [4.78, 5) is 24.4. The number of carbonyl (C=O) groups excluding carboxylic acids is 2. The molecule has 0 spiro atoms. The Bertz CT molecular complexity index is 399. The van der Waals surface area contributed by atoms with Crippen molar-refractivity contribution in [2.24, 2.45) is 5.73 Å². The number of amides is 2. The maximum atomic E-state index is 11.7. The number of nitrogens with one attached hydrogen (secondary N) is 1. The Balaban J connectivity index is 2.55. The molecule has 0 aliphatic rings. The van der Waals surface area contributed by atoms with Gasteiger partial charge in [-0.2, -0.15) is 0 Å². The third-order valence-corrected chi connectivity index (χ3v) is 2.35. The van der Waals surface area contributed by atoms with Crippen LogP contribution in [0.1, 0.15) is 15.9 Å². The quantitative estimate of drug-likeness (QED) is 0.769. The van der Waals surface area contributed by atoms with Crippen molar-refractivity contribution in [1.82, 2.24) is 10.2 Å². The van der Waals surface area contributed by atoms with Gasteiger partial charge in [0, 0.05) is 26.2 Å². The summed E-state index contributed by atoms with van der Waals surface area (Å²) in [5.41, 5.74) is 6.94. The molecular weight excluding hydrogens is 218 g/mol. The Labute approximate surface area is 101 Å². The van der Waals surface area contributed by atoms with E-state index in [0.717, 1.165) is 5.56 Å². The molecule has 0 unspecified atom stereocenters. The molecule has 92 valence electrons. The Morgan fingerprint density at radius 1 is 1.24 bits per heavy atom. The molecule has 0 atom stereocenters. The van der Waals surface area contributed by atoms with E-state index in [9.17, 15) is 9.59 Å². The summed E-state index contributed by atoms with van der Waals surface area (Å²) in [6.45, 7) is 0.450. The normalized spacial score (nSPS) is 9.82. The molecule has 0 aliphatic heterocycles. The molecule has 5 heteroatoms. The number of benzene rings is 1. The third-order valence-electron chi connectivity index (χ3n) is 2.35. The smallest absolute Gasteiger partial charge is 0.251 e. The number of likely N-dealkylation sites (N-methyl/N-ethyl adjacent to an activating group) is 1. The first-order chi connectivity index (χ1) is 8.04. The number of rotatable bonds is 4. The molecule has 0 heterocycles. The number of hydrogen-bond acceptors (Lipinski definition) is 3. The van der Waals surface area contributed by atoms with E-state index < -0.39 is 0 Å². The lowest BCUT2D eigenvalue weighted by Gasteiger charge is -2.11. The predicted molar refractivity (Wildman–Crippen MR) is 65.4 cm³/mol. The number of hydrogen-bond donors (Lipinski definition) is 2. The molecule has 0 saturated heterocycles. The van der Waals surface area contributed by atoms with Crippen molar-refractivity contribution in [1.29, 1.82) is 0 Å². The third kappa shape index (κ3) is 3.88. The van der Waals surface area contributed by atoms with Gasteiger partial charge in [0.15, 0.2) is 0 Å². The maximum absolute atomic E-state index is 11.7. The Morgan fingerprint density at radius 2 is 1.82 bits per heavy atom. The topological polar surface area (TPSA) is 75.4 Å². The zero-order chi connectivity index (χ0) is 12.8. The van der Waals surface area contributed by atoms with Crippen LogP contribution in [0.3, 0.4) is 0 Å². The van der Waals surface area contributed by atoms with Crippen molar-refractivity contribution < 1.29 is 9.59 Å². The van der Waals surface area contributed by atoms with Gasteiger partial charge in [-0.3, -0.25) is 9.59 Å². The molecule has 17 heavy (non-hydrogen) atoms. The summed E-state index contributed by atoms with van der Waals surface area (Å²) in [6, 6.07) is 6.97. The van der Waals surface area contributed by atoms with Gasteiger partial charge in [-0.25, -0.2) is 0 Å². The minimum absolute atomic E-state index is 0.00444. The molecule has 3 N–H and O–H groups in total. The average Bonchev–Trinajstić information content (AvgIpc) is 2.35. The highest BCUT2D eigenvalue weighted by Gasteiger charge is 2.08. The highest BCUT2D eigenvalue weighted by atomic mass is 16.2. The maximum Gasteiger partial charge on any atom is 0.251 e. The minimum Gasteiger partial charge on any atom is -0.347 e. The highest BCUT2D eigenvalue weighted by molar-refractivity contribution is 5.96. The molecule has 0 aromatic heterocycles. The molecule has 0 bridgehead atoms. The number of carbonyl (C=O) groups is 2. The zero-order valence-electron chi connectivity index (χ0n) is 10.1. The fourth-order valence-electron chi connectivity index (χ4n) is 1.21. The van der Waals surface area contributed by atoms with Crippen molar-refractivity contribution in [2.45, 2.75) is 6.54 Å². The van der Waals surface area contributed by atoms with Crippen LogP contribution in [0.15, 0.2) is 24.3 Å². The molecule has 0 radical (unpaired) electrons. The van der Waals surface area contributed by atoms with Gasteiger partial charge >= 0.3 is 0 Å². The lowest BCUT2D eigenvalue weighted by atomic mass is 10.1. The van der Waals surface area contributed by atoms with Crippen molar-refractivity contribution >= 4 is 11.8 Å². The Morgan fingerprint density at radius 3 is 2.29 bits per heavy atom. The van der Waals surface area contributed by atoms with Crippen LogP contribution in [0.25, 0.3) is 0 Å². The van der Waals surface area contributed by atoms with Crippen molar-refractivity contribution in [3.63, 3.8) is 0 Å². The largest absolute Gasteiger partial charge is 0.347 e. The predicted octanol–water partition coefficient (Wildman–Crippen LogP) is -0.0367. The van der Waals surface area contributed by atoms with Crippen LogP contribution in [-0.4, -0.2) is 37.4 Å². The molecule has 0 saturated carbocycles. The highest BCUT2D eigenvalue weighted by Crippen LogP contribution is 2.03. The SMILES string of the molecule is CN(C)C(=O)CNC(=O)c1ccc(CN)cc1. The van der Waals surface area contributed by atoms with E-state index in [1.54, 1.807) is 38.4 Å². The number of nitrogens with zero attached hydrogens (tertiary/aromatic N) is 1. The molecule has 0 fully saturated rings. The molecule has 5 nitrogen and oxygen atoms in total. The summed E-state index contributed by atoms with van der Waals surface area (Å²) in [6.07, 6.45) is 0.